The topological polar surface area (TPSA) is 67.9 Å². The van der Waals surface area contributed by atoms with Crippen molar-refractivity contribution in [2.24, 2.45) is 0 Å². The van der Waals surface area contributed by atoms with Crippen molar-refractivity contribution in [2.75, 3.05) is 24.4 Å². The van der Waals surface area contributed by atoms with Crippen LogP contribution in [-0.4, -0.2) is 26.0 Å². The molecule has 0 aromatic heterocycles. The summed E-state index contributed by atoms with van der Waals surface area (Å²) in [5.74, 6) is 0.411. The number of nitrogens with one attached hydrogen (secondary N) is 1. The molecule has 0 bridgehead atoms. The minimum absolute atomic E-state index is 0.0979. The van der Waals surface area contributed by atoms with Crippen molar-refractivity contribution in [2.45, 2.75) is 6.54 Å². The normalized spacial score (nSPS) is 11.8. The summed E-state index contributed by atoms with van der Waals surface area (Å²) in [6, 6.07) is 28.1. The molecule has 0 fully saturated rings. The maximum absolute atomic E-state index is 13.5. The van der Waals surface area contributed by atoms with E-state index in [4.69, 9.17) is 9.47 Å². The summed E-state index contributed by atoms with van der Waals surface area (Å²) in [6.45, 7) is 0.500. The molecule has 4 aromatic rings. The van der Waals surface area contributed by atoms with Crippen LogP contribution in [0.2, 0.25) is 0 Å². The van der Waals surface area contributed by atoms with E-state index in [-0.39, 0.29) is 11.8 Å². The molecule has 2 amide bonds. The molecule has 6 nitrogen and oxygen atoms in total. The van der Waals surface area contributed by atoms with E-state index in [1.807, 2.05) is 36.4 Å². The van der Waals surface area contributed by atoms with E-state index in [9.17, 15) is 9.59 Å². The zero-order valence-corrected chi connectivity index (χ0v) is 19.4. The Morgan fingerprint density at radius 2 is 1.49 bits per heavy atom. The average Bonchev–Trinajstić information content (AvgIpc) is 2.92. The highest BCUT2D eigenvalue weighted by molar-refractivity contribution is 6.10. The number of nitrogens with zero attached hydrogens (tertiary/aromatic N) is 1. The maximum atomic E-state index is 13.5. The van der Waals surface area contributed by atoms with Gasteiger partial charge in [0.15, 0.2) is 11.5 Å². The molecule has 5 rings (SSSR count). The zero-order chi connectivity index (χ0) is 24.4. The number of ether oxygens (including phenoxy) is 2. The van der Waals surface area contributed by atoms with Crippen molar-refractivity contribution in [3.63, 3.8) is 0 Å². The Bertz CT molecular complexity index is 1410. The van der Waals surface area contributed by atoms with Gasteiger partial charge in [-0.25, -0.2) is 0 Å². The van der Waals surface area contributed by atoms with Gasteiger partial charge in [0.25, 0.3) is 11.8 Å². The van der Waals surface area contributed by atoms with Crippen molar-refractivity contribution in [1.82, 2.24) is 0 Å². The number of benzene rings is 4. The van der Waals surface area contributed by atoms with Crippen molar-refractivity contribution in [1.29, 1.82) is 0 Å². The van der Waals surface area contributed by atoms with Gasteiger partial charge >= 0.3 is 0 Å². The standard InChI is InChI=1S/C29H24N2O4/c1-34-26-13-7-11-24(27(26)35-2)28(32)30-21-16-14-19(15-17-21)29(33)31-18-20-8-3-4-9-22(20)23-10-5-6-12-25(23)31/h3-17H,18H2,1-2H3,(H,30,32). The highest BCUT2D eigenvalue weighted by Gasteiger charge is 2.26. The fourth-order valence-corrected chi connectivity index (χ4v) is 4.41. The number of carbonyl (C=O) groups excluding carboxylic acids is 2. The van der Waals surface area contributed by atoms with Gasteiger partial charge in [0.05, 0.1) is 32.0 Å². The predicted octanol–water partition coefficient (Wildman–Crippen LogP) is 5.78. The van der Waals surface area contributed by atoms with E-state index in [0.29, 0.717) is 34.9 Å². The summed E-state index contributed by atoms with van der Waals surface area (Å²) in [4.78, 5) is 28.1. The second kappa shape index (κ2) is 9.35. The molecule has 0 saturated carbocycles. The van der Waals surface area contributed by atoms with Crippen LogP contribution in [0, 0.1) is 0 Å². The molecular formula is C29H24N2O4. The van der Waals surface area contributed by atoms with Crippen LogP contribution >= 0.6 is 0 Å². The minimum atomic E-state index is -0.332. The molecule has 6 heteroatoms. The summed E-state index contributed by atoms with van der Waals surface area (Å²) < 4.78 is 10.6. The molecule has 35 heavy (non-hydrogen) atoms. The van der Waals surface area contributed by atoms with Gasteiger partial charge in [-0.3, -0.25) is 9.59 Å². The first kappa shape index (κ1) is 22.2. The van der Waals surface area contributed by atoms with Gasteiger partial charge < -0.3 is 19.7 Å². The third-order valence-electron chi connectivity index (χ3n) is 6.11. The summed E-state index contributed by atoms with van der Waals surface area (Å²) in [6.07, 6.45) is 0. The SMILES string of the molecule is COc1cccc(C(=O)Nc2ccc(C(=O)N3Cc4ccccc4-c4ccccc43)cc2)c1OC. The molecule has 174 valence electrons. The van der Waals surface area contributed by atoms with Crippen LogP contribution in [0.4, 0.5) is 11.4 Å². The van der Waals surface area contributed by atoms with Crippen LogP contribution in [0.25, 0.3) is 11.1 Å². The van der Waals surface area contributed by atoms with Gasteiger partial charge in [0.2, 0.25) is 0 Å². The van der Waals surface area contributed by atoms with Crippen LogP contribution in [0.15, 0.2) is 91.0 Å². The molecule has 0 spiro atoms. The van der Waals surface area contributed by atoms with E-state index in [1.54, 1.807) is 47.4 Å². The molecule has 0 radical (unpaired) electrons. The largest absolute Gasteiger partial charge is 0.493 e. The van der Waals surface area contributed by atoms with Crippen LogP contribution in [0.3, 0.4) is 0 Å². The minimum Gasteiger partial charge on any atom is -0.493 e. The summed E-state index contributed by atoms with van der Waals surface area (Å²) in [7, 11) is 3.01. The Labute approximate surface area is 203 Å². The first-order valence-corrected chi connectivity index (χ1v) is 11.2. The Hall–Kier alpha value is -4.58. The smallest absolute Gasteiger partial charge is 0.259 e. The third kappa shape index (κ3) is 4.10. The summed E-state index contributed by atoms with van der Waals surface area (Å²) in [5.41, 5.74) is 5.65. The van der Waals surface area contributed by atoms with Crippen molar-refractivity contribution in [3.05, 3.63) is 108 Å². The lowest BCUT2D eigenvalue weighted by atomic mass is 9.93. The average molecular weight is 465 g/mol. The number of hydrogen-bond acceptors (Lipinski definition) is 4. The Kier molecular flexibility index (Phi) is 5.94. The first-order chi connectivity index (χ1) is 17.1. The van der Waals surface area contributed by atoms with Crippen LogP contribution in [-0.2, 0) is 6.54 Å². The van der Waals surface area contributed by atoms with Gasteiger partial charge in [0, 0.05) is 16.8 Å². The number of methoxy groups -OCH3 is 2. The molecule has 0 aliphatic carbocycles. The molecule has 0 atom stereocenters. The molecule has 1 aliphatic heterocycles. The Balaban J connectivity index is 1.37. The van der Waals surface area contributed by atoms with Gasteiger partial charge in [0.1, 0.15) is 0 Å². The number of anilines is 2. The molecule has 0 saturated heterocycles. The number of fused-ring (bicyclic) bond motifs is 3. The summed E-state index contributed by atoms with van der Waals surface area (Å²) >= 11 is 0. The van der Waals surface area contributed by atoms with E-state index in [1.165, 1.54) is 14.2 Å². The molecular weight excluding hydrogens is 440 g/mol. The first-order valence-electron chi connectivity index (χ1n) is 11.2. The van der Waals surface area contributed by atoms with Crippen molar-refractivity contribution < 1.29 is 19.1 Å². The van der Waals surface area contributed by atoms with E-state index in [2.05, 4.69) is 17.4 Å². The number of para-hydroxylation sites is 2. The second-order valence-electron chi connectivity index (χ2n) is 8.14. The lowest BCUT2D eigenvalue weighted by Gasteiger charge is -2.31. The maximum Gasteiger partial charge on any atom is 0.259 e. The van der Waals surface area contributed by atoms with Crippen LogP contribution < -0.4 is 19.7 Å². The van der Waals surface area contributed by atoms with E-state index >= 15 is 0 Å². The van der Waals surface area contributed by atoms with Gasteiger partial charge in [-0.1, -0.05) is 48.5 Å². The Morgan fingerprint density at radius 1 is 0.771 bits per heavy atom. The number of amides is 2. The van der Waals surface area contributed by atoms with Gasteiger partial charge in [-0.2, -0.15) is 0 Å². The second-order valence-corrected chi connectivity index (χ2v) is 8.14. The van der Waals surface area contributed by atoms with Crippen molar-refractivity contribution in [3.8, 4) is 22.6 Å². The van der Waals surface area contributed by atoms with Gasteiger partial charge in [-0.15, -0.1) is 0 Å². The highest BCUT2D eigenvalue weighted by atomic mass is 16.5. The molecule has 0 unspecified atom stereocenters. The lowest BCUT2D eigenvalue weighted by molar-refractivity contribution is 0.0983. The summed E-state index contributed by atoms with van der Waals surface area (Å²) in [5, 5.41) is 2.86. The van der Waals surface area contributed by atoms with Crippen LogP contribution in [0.1, 0.15) is 26.3 Å². The van der Waals surface area contributed by atoms with Crippen LogP contribution in [0.5, 0.6) is 11.5 Å². The fraction of sp³-hybridized carbons (Fsp3) is 0.103. The molecule has 1 heterocycles. The molecule has 1 aliphatic rings. The monoisotopic (exact) mass is 464 g/mol. The number of hydrogen-bond donors (Lipinski definition) is 1. The number of carbonyl (C=O) groups is 2. The zero-order valence-electron chi connectivity index (χ0n) is 19.4. The van der Waals surface area contributed by atoms with E-state index < -0.39 is 0 Å². The quantitative estimate of drug-likeness (QED) is 0.406. The molecule has 1 N–H and O–H groups in total. The number of rotatable bonds is 5. The van der Waals surface area contributed by atoms with Crippen molar-refractivity contribution >= 4 is 23.2 Å². The predicted molar refractivity (Wildman–Crippen MR) is 136 cm³/mol. The third-order valence-corrected chi connectivity index (χ3v) is 6.11. The molecule has 4 aromatic carbocycles. The van der Waals surface area contributed by atoms with Gasteiger partial charge in [-0.05, 0) is 53.6 Å². The highest BCUT2D eigenvalue weighted by Crippen LogP contribution is 2.39. The Morgan fingerprint density at radius 3 is 2.23 bits per heavy atom. The lowest BCUT2D eigenvalue weighted by Crippen LogP contribution is -2.33. The fourth-order valence-electron chi connectivity index (χ4n) is 4.41. The van der Waals surface area contributed by atoms with E-state index in [0.717, 1.165) is 22.4 Å².